The molecule has 6 nitrogen and oxygen atoms in total. The Hall–Kier alpha value is -3.22. The average Bonchev–Trinajstić information content (AvgIpc) is 3.39. The summed E-state index contributed by atoms with van der Waals surface area (Å²) < 4.78 is 15.9. The van der Waals surface area contributed by atoms with Gasteiger partial charge in [0.2, 0.25) is 0 Å². The number of carbonyl (C=O) groups is 2. The maximum atomic E-state index is 14.3. The number of anilines is 1. The largest absolute Gasteiger partial charge is 0.325 e. The lowest BCUT2D eigenvalue weighted by Gasteiger charge is -2.22. The molecule has 1 saturated carbocycles. The molecule has 2 aliphatic rings. The van der Waals surface area contributed by atoms with Gasteiger partial charge in [0, 0.05) is 24.9 Å². The fourth-order valence-electron chi connectivity index (χ4n) is 5.03. The second-order valence-electron chi connectivity index (χ2n) is 8.82. The fraction of sp³-hybridized carbons (Fsp3) is 0.400. The van der Waals surface area contributed by atoms with Crippen LogP contribution in [0.3, 0.4) is 0 Å². The van der Waals surface area contributed by atoms with Crippen molar-refractivity contribution in [3.63, 3.8) is 0 Å². The number of Topliss-reactive ketones (excluding diaryl/α,β-unsaturated/α-hetero) is 1. The van der Waals surface area contributed by atoms with Crippen LogP contribution >= 0.6 is 0 Å². The number of fused-ring (bicyclic) bond motifs is 1. The van der Waals surface area contributed by atoms with E-state index in [9.17, 15) is 14.0 Å². The number of hydrogen-bond acceptors (Lipinski definition) is 3. The Bertz CT molecular complexity index is 1150. The fourth-order valence-corrected chi connectivity index (χ4v) is 5.03. The van der Waals surface area contributed by atoms with Crippen molar-refractivity contribution in [2.45, 2.75) is 38.5 Å². The van der Waals surface area contributed by atoms with Gasteiger partial charge < -0.3 is 4.90 Å². The van der Waals surface area contributed by atoms with Crippen LogP contribution in [0.2, 0.25) is 0 Å². The molecule has 1 aromatic heterocycles. The number of nitrogens with zero attached hydrogens (tertiary/aromatic N) is 4. The molecule has 1 aliphatic carbocycles. The molecule has 0 bridgehead atoms. The molecular weight excluding hydrogens is 407 g/mol. The van der Waals surface area contributed by atoms with Crippen molar-refractivity contribution in [2.75, 3.05) is 24.5 Å². The van der Waals surface area contributed by atoms with Gasteiger partial charge in [0.15, 0.2) is 5.78 Å². The van der Waals surface area contributed by atoms with Crippen molar-refractivity contribution >= 4 is 28.4 Å². The Morgan fingerprint density at radius 3 is 2.59 bits per heavy atom. The van der Waals surface area contributed by atoms with Gasteiger partial charge in [-0.3, -0.25) is 9.69 Å². The molecule has 0 N–H and O–H groups in total. The Morgan fingerprint density at radius 1 is 1.00 bits per heavy atom. The standard InChI is InChI=1S/C25H27FN4O2/c26-21-9-4-5-10-24(21)30-23-12-6-11-22(20(23)16-27-30)29-14-13-28(25(29)32)17-19(31)15-18-7-2-1-3-8-18/h4-6,9-12,16,18H,1-3,7-8,13-15,17H2. The Kier molecular flexibility index (Phi) is 5.64. The number of aromatic nitrogens is 2. The van der Waals surface area contributed by atoms with E-state index in [1.807, 2.05) is 18.2 Å². The van der Waals surface area contributed by atoms with Crippen molar-refractivity contribution in [3.05, 3.63) is 54.5 Å². The van der Waals surface area contributed by atoms with Gasteiger partial charge in [0.05, 0.1) is 23.9 Å². The highest BCUT2D eigenvalue weighted by Crippen LogP contribution is 2.31. The SMILES string of the molecule is O=C(CC1CCCCC1)CN1CCN(c2cccc3c2cnn3-c2ccccc2F)C1=O. The minimum absolute atomic E-state index is 0.151. The van der Waals surface area contributed by atoms with Crippen LogP contribution in [0.1, 0.15) is 38.5 Å². The van der Waals surface area contributed by atoms with Crippen LogP contribution in [-0.4, -0.2) is 46.1 Å². The molecule has 166 valence electrons. The molecular formula is C25H27FN4O2. The van der Waals surface area contributed by atoms with Crippen LogP contribution in [0.15, 0.2) is 48.7 Å². The van der Waals surface area contributed by atoms with E-state index < -0.39 is 0 Å². The van der Waals surface area contributed by atoms with E-state index in [-0.39, 0.29) is 24.2 Å². The lowest BCUT2D eigenvalue weighted by atomic mass is 9.86. The van der Waals surface area contributed by atoms with Gasteiger partial charge in [-0.05, 0) is 30.2 Å². The number of urea groups is 1. The van der Waals surface area contributed by atoms with Crippen molar-refractivity contribution in [2.24, 2.45) is 5.92 Å². The first kappa shape index (κ1) is 20.7. The summed E-state index contributed by atoms with van der Waals surface area (Å²) in [7, 11) is 0. The third kappa shape index (κ3) is 3.87. The lowest BCUT2D eigenvalue weighted by molar-refractivity contribution is -0.120. The molecule has 2 fully saturated rings. The normalized spacial score (nSPS) is 17.5. The summed E-state index contributed by atoms with van der Waals surface area (Å²) in [5.41, 5.74) is 1.83. The van der Waals surface area contributed by atoms with Gasteiger partial charge in [0.25, 0.3) is 0 Å². The third-order valence-corrected chi connectivity index (χ3v) is 6.67. The summed E-state index contributed by atoms with van der Waals surface area (Å²) in [4.78, 5) is 29.1. The van der Waals surface area contributed by atoms with Crippen LogP contribution in [0.5, 0.6) is 0 Å². The van der Waals surface area contributed by atoms with Gasteiger partial charge in [-0.1, -0.05) is 50.3 Å². The first-order valence-corrected chi connectivity index (χ1v) is 11.4. The van der Waals surface area contributed by atoms with E-state index in [0.29, 0.717) is 31.1 Å². The first-order valence-electron chi connectivity index (χ1n) is 11.4. The zero-order valence-electron chi connectivity index (χ0n) is 18.0. The lowest BCUT2D eigenvalue weighted by Crippen LogP contribution is -2.36. The minimum Gasteiger partial charge on any atom is -0.315 e. The molecule has 5 rings (SSSR count). The van der Waals surface area contributed by atoms with Gasteiger partial charge in [-0.25, -0.2) is 13.9 Å². The summed E-state index contributed by atoms with van der Waals surface area (Å²) >= 11 is 0. The zero-order chi connectivity index (χ0) is 22.1. The first-order chi connectivity index (χ1) is 15.6. The van der Waals surface area contributed by atoms with E-state index in [1.54, 1.807) is 38.9 Å². The summed E-state index contributed by atoms with van der Waals surface area (Å²) in [5, 5.41) is 5.16. The Labute approximate surface area is 186 Å². The summed E-state index contributed by atoms with van der Waals surface area (Å²) in [6, 6.07) is 11.9. The average molecular weight is 435 g/mol. The number of hydrogen-bond donors (Lipinski definition) is 0. The molecule has 3 aromatic rings. The number of benzene rings is 2. The van der Waals surface area contributed by atoms with Crippen LogP contribution in [0.4, 0.5) is 14.9 Å². The van der Waals surface area contributed by atoms with Crippen molar-refractivity contribution in [3.8, 4) is 5.69 Å². The number of rotatable bonds is 6. The van der Waals surface area contributed by atoms with Crippen LogP contribution in [0.25, 0.3) is 16.6 Å². The molecule has 2 aromatic carbocycles. The number of ketones is 1. The van der Waals surface area contributed by atoms with Gasteiger partial charge in [0.1, 0.15) is 11.5 Å². The molecule has 0 atom stereocenters. The van der Waals surface area contributed by atoms with Crippen LogP contribution in [0, 0.1) is 11.7 Å². The predicted octanol–water partition coefficient (Wildman–Crippen LogP) is 4.95. The quantitative estimate of drug-likeness (QED) is 0.552. The third-order valence-electron chi connectivity index (χ3n) is 6.67. The van der Waals surface area contributed by atoms with Crippen LogP contribution in [-0.2, 0) is 4.79 Å². The molecule has 2 heterocycles. The molecule has 1 saturated heterocycles. The maximum Gasteiger partial charge on any atom is 0.325 e. The molecule has 7 heteroatoms. The molecule has 1 aliphatic heterocycles. The predicted molar refractivity (Wildman–Crippen MR) is 122 cm³/mol. The van der Waals surface area contributed by atoms with E-state index >= 15 is 0 Å². The smallest absolute Gasteiger partial charge is 0.315 e. The van der Waals surface area contributed by atoms with E-state index in [1.165, 1.54) is 25.3 Å². The Balaban J connectivity index is 1.34. The summed E-state index contributed by atoms with van der Waals surface area (Å²) in [5.74, 6) is 0.267. The van der Waals surface area contributed by atoms with E-state index in [0.717, 1.165) is 29.4 Å². The van der Waals surface area contributed by atoms with Crippen molar-refractivity contribution < 1.29 is 14.0 Å². The molecule has 2 amide bonds. The molecule has 0 radical (unpaired) electrons. The highest BCUT2D eigenvalue weighted by atomic mass is 19.1. The number of amides is 2. The summed E-state index contributed by atoms with van der Waals surface area (Å²) in [6.45, 7) is 1.21. The van der Waals surface area contributed by atoms with Gasteiger partial charge in [-0.2, -0.15) is 5.10 Å². The summed E-state index contributed by atoms with van der Waals surface area (Å²) in [6.07, 6.45) is 8.18. The second kappa shape index (κ2) is 8.73. The van der Waals surface area contributed by atoms with Gasteiger partial charge >= 0.3 is 6.03 Å². The van der Waals surface area contributed by atoms with E-state index in [4.69, 9.17) is 0 Å². The monoisotopic (exact) mass is 434 g/mol. The van der Waals surface area contributed by atoms with Crippen molar-refractivity contribution in [1.29, 1.82) is 0 Å². The molecule has 0 spiro atoms. The number of carbonyl (C=O) groups excluding carboxylic acids is 2. The molecule has 32 heavy (non-hydrogen) atoms. The van der Waals surface area contributed by atoms with Crippen LogP contribution < -0.4 is 4.90 Å². The van der Waals surface area contributed by atoms with Gasteiger partial charge in [-0.15, -0.1) is 0 Å². The minimum atomic E-state index is -0.359. The number of halogens is 1. The topological polar surface area (TPSA) is 58.4 Å². The van der Waals surface area contributed by atoms with Crippen molar-refractivity contribution in [1.82, 2.24) is 14.7 Å². The number of para-hydroxylation sites is 1. The van der Waals surface area contributed by atoms with E-state index in [2.05, 4.69) is 5.10 Å². The maximum absolute atomic E-state index is 14.3. The highest BCUT2D eigenvalue weighted by molar-refractivity contribution is 6.04. The Morgan fingerprint density at radius 2 is 1.78 bits per heavy atom. The second-order valence-corrected chi connectivity index (χ2v) is 8.82. The highest BCUT2D eigenvalue weighted by Gasteiger charge is 2.32. The molecule has 0 unspecified atom stereocenters. The zero-order valence-corrected chi connectivity index (χ0v) is 18.0.